The molecule has 1 aromatic carbocycles. The molecule has 5 nitrogen and oxygen atoms in total. The van der Waals surface area contributed by atoms with E-state index in [2.05, 4.69) is 5.32 Å². The smallest absolute Gasteiger partial charge is 0.313 e. The number of ether oxygens (including phenoxy) is 1. The lowest BCUT2D eigenvalue weighted by molar-refractivity contribution is -0.133. The third-order valence-corrected chi connectivity index (χ3v) is 3.14. The molecule has 0 atom stereocenters. The van der Waals surface area contributed by atoms with E-state index in [-0.39, 0.29) is 18.3 Å². The first-order valence-corrected chi connectivity index (χ1v) is 7.06. The average molecular weight is 304 g/mol. The molecule has 2 N–H and O–H groups in total. The first kappa shape index (κ1) is 15.7. The predicted molar refractivity (Wildman–Crippen MR) is 74.9 cm³/mol. The van der Waals surface area contributed by atoms with Gasteiger partial charge in [-0.1, -0.05) is 17.7 Å². The molecule has 0 fully saturated rings. The van der Waals surface area contributed by atoms with E-state index in [9.17, 15) is 9.59 Å². The van der Waals surface area contributed by atoms with Crippen LogP contribution >= 0.6 is 23.4 Å². The largest absolute Gasteiger partial charge is 0.484 e. The highest BCUT2D eigenvalue weighted by molar-refractivity contribution is 7.99. The van der Waals surface area contributed by atoms with Gasteiger partial charge in [0.05, 0.1) is 5.75 Å². The fraction of sp³-hybridized carbons (Fsp3) is 0.333. The highest BCUT2D eigenvalue weighted by Gasteiger charge is 2.03. The SMILES string of the molecule is O=C(O)CSCCNC(=O)COc1cccc(Cl)c1. The van der Waals surface area contributed by atoms with E-state index in [1.165, 1.54) is 11.8 Å². The van der Waals surface area contributed by atoms with Crippen molar-refractivity contribution in [2.24, 2.45) is 0 Å². The molecule has 0 aliphatic carbocycles. The molecule has 0 saturated heterocycles. The number of carbonyl (C=O) groups is 2. The summed E-state index contributed by atoms with van der Waals surface area (Å²) in [4.78, 5) is 21.6. The number of thioether (sulfide) groups is 1. The number of benzene rings is 1. The number of aliphatic carboxylic acids is 1. The van der Waals surface area contributed by atoms with E-state index in [1.54, 1.807) is 24.3 Å². The molecule has 1 rings (SSSR count). The van der Waals surface area contributed by atoms with Gasteiger partial charge in [-0.15, -0.1) is 11.8 Å². The number of rotatable bonds is 8. The fourth-order valence-corrected chi connectivity index (χ4v) is 1.92. The van der Waals surface area contributed by atoms with Gasteiger partial charge in [-0.05, 0) is 18.2 Å². The molecule has 0 aliphatic heterocycles. The highest BCUT2D eigenvalue weighted by atomic mass is 35.5. The molecular formula is C12H14ClNO4S. The minimum atomic E-state index is -0.861. The van der Waals surface area contributed by atoms with Crippen LogP contribution in [0.3, 0.4) is 0 Å². The van der Waals surface area contributed by atoms with E-state index >= 15 is 0 Å². The molecule has 0 spiro atoms. The summed E-state index contributed by atoms with van der Waals surface area (Å²) in [6.45, 7) is 0.319. The quantitative estimate of drug-likeness (QED) is 0.714. The van der Waals surface area contributed by atoms with E-state index < -0.39 is 5.97 Å². The van der Waals surface area contributed by atoms with Gasteiger partial charge < -0.3 is 15.2 Å². The van der Waals surface area contributed by atoms with Crippen molar-refractivity contribution in [1.82, 2.24) is 5.32 Å². The molecule has 0 aliphatic rings. The van der Waals surface area contributed by atoms with Gasteiger partial charge in [0.15, 0.2) is 6.61 Å². The molecule has 0 bridgehead atoms. The number of carboxylic acid groups (broad SMARTS) is 1. The third kappa shape index (κ3) is 7.58. The number of hydrogen-bond acceptors (Lipinski definition) is 4. The fourth-order valence-electron chi connectivity index (χ4n) is 1.18. The second kappa shape index (κ2) is 8.66. The molecule has 19 heavy (non-hydrogen) atoms. The van der Waals surface area contributed by atoms with Crippen molar-refractivity contribution in [2.75, 3.05) is 24.7 Å². The molecule has 0 aromatic heterocycles. The molecule has 0 heterocycles. The van der Waals surface area contributed by atoms with Crippen LogP contribution in [0.2, 0.25) is 5.02 Å². The number of carboxylic acids is 1. The number of nitrogens with one attached hydrogen (secondary N) is 1. The third-order valence-electron chi connectivity index (χ3n) is 1.96. The lowest BCUT2D eigenvalue weighted by Gasteiger charge is -2.07. The van der Waals surface area contributed by atoms with Gasteiger partial charge in [0.2, 0.25) is 0 Å². The minimum Gasteiger partial charge on any atom is -0.484 e. The van der Waals surface area contributed by atoms with Gasteiger partial charge in [-0.25, -0.2) is 0 Å². The molecular weight excluding hydrogens is 290 g/mol. The van der Waals surface area contributed by atoms with Crippen molar-refractivity contribution in [3.63, 3.8) is 0 Å². The Hall–Kier alpha value is -1.40. The molecule has 0 unspecified atom stereocenters. The van der Waals surface area contributed by atoms with E-state index in [4.69, 9.17) is 21.4 Å². The highest BCUT2D eigenvalue weighted by Crippen LogP contribution is 2.16. The summed E-state index contributed by atoms with van der Waals surface area (Å²) in [6, 6.07) is 6.78. The van der Waals surface area contributed by atoms with E-state index in [1.807, 2.05) is 0 Å². The maximum absolute atomic E-state index is 11.4. The molecule has 1 amide bonds. The molecule has 0 radical (unpaired) electrons. The van der Waals surface area contributed by atoms with Gasteiger partial charge in [-0.3, -0.25) is 9.59 Å². The lowest BCUT2D eigenvalue weighted by atomic mass is 10.3. The Labute approximate surface area is 120 Å². The van der Waals surface area contributed by atoms with E-state index in [0.29, 0.717) is 23.1 Å². The predicted octanol–water partition coefficient (Wildman–Crippen LogP) is 1.65. The van der Waals surface area contributed by atoms with Crippen LogP contribution in [-0.4, -0.2) is 41.6 Å². The van der Waals surface area contributed by atoms with Crippen LogP contribution in [0.25, 0.3) is 0 Å². The van der Waals surface area contributed by atoms with Gasteiger partial charge >= 0.3 is 5.97 Å². The van der Waals surface area contributed by atoms with Gasteiger partial charge in [0, 0.05) is 17.3 Å². The summed E-state index contributed by atoms with van der Waals surface area (Å²) in [5, 5.41) is 11.6. The zero-order valence-corrected chi connectivity index (χ0v) is 11.7. The van der Waals surface area contributed by atoms with E-state index in [0.717, 1.165) is 0 Å². The summed E-state index contributed by atoms with van der Waals surface area (Å²) >= 11 is 7.02. The zero-order valence-electron chi connectivity index (χ0n) is 10.1. The molecule has 104 valence electrons. The van der Waals surface area contributed by atoms with Crippen LogP contribution in [0.4, 0.5) is 0 Å². The summed E-state index contributed by atoms with van der Waals surface area (Å²) in [5.74, 6) is 0.00352. The normalized spacial score (nSPS) is 9.95. The van der Waals surface area contributed by atoms with Crippen LogP contribution in [0.15, 0.2) is 24.3 Å². The Balaban J connectivity index is 2.13. The van der Waals surface area contributed by atoms with Crippen LogP contribution in [0, 0.1) is 0 Å². The van der Waals surface area contributed by atoms with Gasteiger partial charge in [0.25, 0.3) is 5.91 Å². The minimum absolute atomic E-state index is 0.0366. The zero-order chi connectivity index (χ0) is 14.1. The van der Waals surface area contributed by atoms with Crippen molar-refractivity contribution in [3.8, 4) is 5.75 Å². The second-order valence-electron chi connectivity index (χ2n) is 3.54. The topological polar surface area (TPSA) is 75.6 Å². The Morgan fingerprint density at radius 1 is 1.42 bits per heavy atom. The maximum atomic E-state index is 11.4. The van der Waals surface area contributed by atoms with Crippen molar-refractivity contribution < 1.29 is 19.4 Å². The number of hydrogen-bond donors (Lipinski definition) is 2. The van der Waals surface area contributed by atoms with Crippen molar-refractivity contribution in [2.45, 2.75) is 0 Å². The standard InChI is InChI=1S/C12H14ClNO4S/c13-9-2-1-3-10(6-9)18-7-11(15)14-4-5-19-8-12(16)17/h1-3,6H,4-5,7-8H2,(H,14,15)(H,16,17). The first-order chi connectivity index (χ1) is 9.08. The number of halogens is 1. The maximum Gasteiger partial charge on any atom is 0.313 e. The molecule has 1 aromatic rings. The lowest BCUT2D eigenvalue weighted by Crippen LogP contribution is -2.30. The summed E-state index contributed by atoms with van der Waals surface area (Å²) < 4.78 is 5.25. The van der Waals surface area contributed by atoms with Crippen molar-refractivity contribution in [3.05, 3.63) is 29.3 Å². The van der Waals surface area contributed by atoms with Crippen LogP contribution in [0.5, 0.6) is 5.75 Å². The first-order valence-electron chi connectivity index (χ1n) is 5.52. The van der Waals surface area contributed by atoms with Gasteiger partial charge in [0.1, 0.15) is 5.75 Å². The Bertz CT molecular complexity index is 441. The summed E-state index contributed by atoms with van der Waals surface area (Å²) in [6.07, 6.45) is 0. The van der Waals surface area contributed by atoms with Crippen LogP contribution < -0.4 is 10.1 Å². The van der Waals surface area contributed by atoms with Crippen molar-refractivity contribution >= 4 is 35.2 Å². The Kier molecular flexibility index (Phi) is 7.14. The second-order valence-corrected chi connectivity index (χ2v) is 5.08. The van der Waals surface area contributed by atoms with Crippen molar-refractivity contribution in [1.29, 1.82) is 0 Å². The monoisotopic (exact) mass is 303 g/mol. The Morgan fingerprint density at radius 2 is 2.21 bits per heavy atom. The summed E-state index contributed by atoms with van der Waals surface area (Å²) in [7, 11) is 0. The number of amides is 1. The number of carbonyl (C=O) groups excluding carboxylic acids is 1. The van der Waals surface area contributed by atoms with Crippen LogP contribution in [-0.2, 0) is 9.59 Å². The Morgan fingerprint density at radius 3 is 2.89 bits per heavy atom. The summed E-state index contributed by atoms with van der Waals surface area (Å²) in [5.41, 5.74) is 0. The molecule has 0 saturated carbocycles. The van der Waals surface area contributed by atoms with Crippen LogP contribution in [0.1, 0.15) is 0 Å². The average Bonchev–Trinajstić information content (AvgIpc) is 2.35. The van der Waals surface area contributed by atoms with Gasteiger partial charge in [-0.2, -0.15) is 0 Å². The molecule has 7 heteroatoms.